The van der Waals surface area contributed by atoms with Gasteiger partial charge in [-0.25, -0.2) is 0 Å². The van der Waals surface area contributed by atoms with Crippen LogP contribution in [0.1, 0.15) is 13.8 Å². The van der Waals surface area contributed by atoms with Gasteiger partial charge in [-0.1, -0.05) is 12.7 Å². The molecule has 4 heteroatoms. The third kappa shape index (κ3) is 5.05. The molecule has 0 saturated carbocycles. The van der Waals surface area contributed by atoms with E-state index in [1.807, 2.05) is 0 Å². The zero-order chi connectivity index (χ0) is 7.07. The van der Waals surface area contributed by atoms with E-state index in [4.69, 9.17) is 0 Å². The molecule has 1 radical (unpaired) electrons. The van der Waals surface area contributed by atoms with E-state index in [1.165, 1.54) is 11.1 Å². The van der Waals surface area contributed by atoms with Crippen LogP contribution < -0.4 is 24.8 Å². The molecule has 0 nitrogen and oxygen atoms in total. The molecule has 1 aliphatic heterocycles. The maximum absolute atomic E-state index is 3.48. The normalized spacial score (nSPS) is 17.7. The van der Waals surface area contributed by atoms with Crippen molar-refractivity contribution in [3.63, 3.8) is 0 Å². The van der Waals surface area contributed by atoms with Crippen LogP contribution in [0, 0.1) is 5.82 Å². The number of halogens is 2. The molecule has 0 saturated heterocycles. The summed E-state index contributed by atoms with van der Waals surface area (Å²) >= 11 is 0. The topological polar surface area (TPSA) is 0 Å². The summed E-state index contributed by atoms with van der Waals surface area (Å²) in [5.74, 6) is 5.84. The first kappa shape index (κ1) is 18.9. The first-order valence-electron chi connectivity index (χ1n) is 3.16. The van der Waals surface area contributed by atoms with E-state index in [0.29, 0.717) is 0 Å². The van der Waals surface area contributed by atoms with Crippen LogP contribution in [-0.4, -0.2) is 13.3 Å². The number of rotatable bonds is 0. The van der Waals surface area contributed by atoms with Crippen LogP contribution in [0.25, 0.3) is 0 Å². The van der Waals surface area contributed by atoms with Gasteiger partial charge in [0.05, 0.1) is 0 Å². The minimum Gasteiger partial charge on any atom is -1.00 e. The maximum Gasteiger partial charge on any atom is 3.00 e. The van der Waals surface area contributed by atoms with Gasteiger partial charge in [0.15, 0.2) is 0 Å². The molecule has 1 heterocycles. The second-order valence-electron chi connectivity index (χ2n) is 3.09. The quantitative estimate of drug-likeness (QED) is 0.245. The summed E-state index contributed by atoms with van der Waals surface area (Å²) in [7, 11) is -0.855. The van der Waals surface area contributed by atoms with E-state index < -0.39 is 7.26 Å². The third-order valence-corrected chi connectivity index (χ3v) is 3.51. The Kier molecular flexibility index (Phi) is 10.4. The van der Waals surface area contributed by atoms with Crippen LogP contribution in [0.15, 0.2) is 17.0 Å². The minimum absolute atomic E-state index is 0. The van der Waals surface area contributed by atoms with Gasteiger partial charge in [-0.3, -0.25) is 0 Å². The first-order valence-corrected chi connectivity index (χ1v) is 5.92. The summed E-state index contributed by atoms with van der Waals surface area (Å²) in [6, 6.07) is 0. The van der Waals surface area contributed by atoms with Gasteiger partial charge in [0.1, 0.15) is 0 Å². The van der Waals surface area contributed by atoms with E-state index >= 15 is 0 Å². The molecule has 0 aliphatic carbocycles. The molecule has 0 amide bonds. The monoisotopic (exact) mass is 258 g/mol. The Balaban J connectivity index is -0.000000270. The fourth-order valence-corrected chi connectivity index (χ4v) is 3.40. The number of hydrogen-bond donors (Lipinski definition) is 0. The molecule has 0 fully saturated rings. The summed E-state index contributed by atoms with van der Waals surface area (Å²) < 4.78 is 0. The minimum atomic E-state index is -0.855. The largest absolute Gasteiger partial charge is 3.00 e. The molecular formula is C8H13Cl2PTi+. The zero-order valence-corrected chi connectivity index (χ0v) is 11.7. The van der Waals surface area contributed by atoms with Crippen molar-refractivity contribution >= 4 is 7.26 Å². The predicted octanol–water partition coefficient (Wildman–Crippen LogP) is -3.11. The van der Waals surface area contributed by atoms with Crippen LogP contribution in [0.2, 0.25) is 0 Å². The van der Waals surface area contributed by atoms with Crippen LogP contribution >= 0.6 is 7.26 Å². The van der Waals surface area contributed by atoms with Gasteiger partial charge in [-0.2, -0.15) is 11.1 Å². The van der Waals surface area contributed by atoms with Crippen LogP contribution in [0.3, 0.4) is 0 Å². The Labute approximate surface area is 103 Å². The van der Waals surface area contributed by atoms with Crippen molar-refractivity contribution in [2.24, 2.45) is 0 Å². The van der Waals surface area contributed by atoms with Gasteiger partial charge in [0.2, 0.25) is 0 Å². The average molecular weight is 259 g/mol. The van der Waals surface area contributed by atoms with Crippen molar-refractivity contribution in [3.05, 3.63) is 22.8 Å². The van der Waals surface area contributed by atoms with Crippen molar-refractivity contribution in [1.82, 2.24) is 0 Å². The summed E-state index contributed by atoms with van der Waals surface area (Å²) in [5.41, 5.74) is 2.78. The van der Waals surface area contributed by atoms with Crippen molar-refractivity contribution in [1.29, 1.82) is 0 Å². The maximum atomic E-state index is 3.48. The van der Waals surface area contributed by atoms with Crippen molar-refractivity contribution in [3.8, 4) is 0 Å². The smallest absolute Gasteiger partial charge is 1.00 e. The Hall–Kier alpha value is 1.20. The molecule has 0 aromatic carbocycles. The fourth-order valence-electron chi connectivity index (χ4n) is 1.13. The van der Waals surface area contributed by atoms with E-state index in [-0.39, 0.29) is 46.5 Å². The Bertz CT molecular complexity index is 177. The fraction of sp³-hybridized carbons (Fsp3) is 0.500. The second kappa shape index (κ2) is 6.63. The van der Waals surface area contributed by atoms with Crippen LogP contribution in [0.5, 0.6) is 0 Å². The summed E-state index contributed by atoms with van der Waals surface area (Å²) in [4.78, 5) is 0. The molecule has 0 N–H and O–H groups in total. The Morgan fingerprint density at radius 2 is 1.58 bits per heavy atom. The third-order valence-electron chi connectivity index (χ3n) is 1.56. The summed E-state index contributed by atoms with van der Waals surface area (Å²) in [5, 5.41) is 0. The Morgan fingerprint density at radius 3 is 1.67 bits per heavy atom. The summed E-state index contributed by atoms with van der Waals surface area (Å²) in [6.45, 7) is 8.87. The van der Waals surface area contributed by atoms with Crippen molar-refractivity contribution in [2.45, 2.75) is 13.8 Å². The SMILES string of the molecule is CC1=[C-][P+](C)(C)C=C1C.[Cl-].[Cl-].[Ti+3]. The Morgan fingerprint density at radius 1 is 1.17 bits per heavy atom. The molecule has 1 aliphatic rings. The second-order valence-corrected chi connectivity index (χ2v) is 6.65. The van der Waals surface area contributed by atoms with Gasteiger partial charge in [-0.05, 0) is 13.1 Å². The molecule has 0 atom stereocenters. The molecule has 0 aromatic rings. The van der Waals surface area contributed by atoms with Crippen LogP contribution in [-0.2, 0) is 21.7 Å². The molecule has 0 spiro atoms. The van der Waals surface area contributed by atoms with Crippen molar-refractivity contribution < 1.29 is 46.5 Å². The van der Waals surface area contributed by atoms with Crippen molar-refractivity contribution in [2.75, 3.05) is 13.3 Å². The average Bonchev–Trinajstić information content (AvgIpc) is 1.79. The van der Waals surface area contributed by atoms with Gasteiger partial charge in [0.25, 0.3) is 0 Å². The molecule has 1 rings (SSSR count). The van der Waals surface area contributed by atoms with Gasteiger partial charge < -0.3 is 24.8 Å². The van der Waals surface area contributed by atoms with Crippen LogP contribution in [0.4, 0.5) is 0 Å². The van der Waals surface area contributed by atoms with E-state index in [9.17, 15) is 0 Å². The molecule has 12 heavy (non-hydrogen) atoms. The van der Waals surface area contributed by atoms with E-state index in [1.54, 1.807) is 0 Å². The zero-order valence-electron chi connectivity index (χ0n) is 7.78. The molecule has 0 bridgehead atoms. The standard InChI is InChI=1S/C8H13P.2ClH.Ti/c1-7-5-9(3,4)6-8(7)2;;;/h5H,1-4H3;2*1H;/q;;;+3/p-2. The molecule has 0 aromatic heterocycles. The summed E-state index contributed by atoms with van der Waals surface area (Å²) in [6.07, 6.45) is 0. The van der Waals surface area contributed by atoms with Gasteiger partial charge in [-0.15, -0.1) is 6.92 Å². The van der Waals surface area contributed by atoms with Gasteiger partial charge in [0, 0.05) is 13.3 Å². The molecular weight excluding hydrogens is 246 g/mol. The van der Waals surface area contributed by atoms with E-state index in [0.717, 1.165) is 0 Å². The number of allylic oxidation sites excluding steroid dienone is 2. The molecule has 67 valence electrons. The number of hydrogen-bond acceptors (Lipinski definition) is 0. The predicted molar refractivity (Wildman–Crippen MR) is 45.0 cm³/mol. The first-order chi connectivity index (χ1) is 4.01. The molecule has 0 unspecified atom stereocenters. The van der Waals surface area contributed by atoms with E-state index in [2.05, 4.69) is 38.8 Å². The van der Waals surface area contributed by atoms with Gasteiger partial charge >= 0.3 is 21.7 Å².